The average molecular weight is 431 g/mol. The molecular weight excluding hydrogens is 404 g/mol. The van der Waals surface area contributed by atoms with Gasteiger partial charge in [-0.2, -0.15) is 11.8 Å². The van der Waals surface area contributed by atoms with Gasteiger partial charge in [0.15, 0.2) is 11.5 Å². The molecule has 0 aliphatic heterocycles. The Balaban J connectivity index is 1.77. The van der Waals surface area contributed by atoms with Crippen LogP contribution < -0.4 is 9.47 Å². The SMILES string of the molecule is CCOc1ccc(-c2cnc3cccc(-c4ccc(CSC)cc4)c3n2)cc1OCC. The molecule has 0 aliphatic rings. The molecule has 1 heterocycles. The second-order valence-electron chi connectivity index (χ2n) is 7.09. The molecule has 0 amide bonds. The van der Waals surface area contributed by atoms with Crippen LogP contribution in [0.25, 0.3) is 33.4 Å². The monoisotopic (exact) mass is 430 g/mol. The van der Waals surface area contributed by atoms with Gasteiger partial charge in [0.25, 0.3) is 0 Å². The van der Waals surface area contributed by atoms with Crippen LogP contribution in [0.5, 0.6) is 11.5 Å². The molecule has 0 saturated heterocycles. The second-order valence-corrected chi connectivity index (χ2v) is 7.95. The maximum atomic E-state index is 5.79. The van der Waals surface area contributed by atoms with Crippen molar-refractivity contribution >= 4 is 22.8 Å². The van der Waals surface area contributed by atoms with Crippen LogP contribution in [0.2, 0.25) is 0 Å². The Morgan fingerprint density at radius 1 is 0.839 bits per heavy atom. The number of benzene rings is 3. The number of rotatable bonds is 8. The highest BCUT2D eigenvalue weighted by Gasteiger charge is 2.12. The van der Waals surface area contributed by atoms with E-state index >= 15 is 0 Å². The molecule has 4 aromatic rings. The lowest BCUT2D eigenvalue weighted by Crippen LogP contribution is -1.99. The predicted molar refractivity (Wildman–Crippen MR) is 130 cm³/mol. The number of hydrogen-bond acceptors (Lipinski definition) is 5. The fourth-order valence-corrected chi connectivity index (χ4v) is 4.09. The minimum Gasteiger partial charge on any atom is -0.490 e. The van der Waals surface area contributed by atoms with E-state index in [1.807, 2.05) is 62.1 Å². The largest absolute Gasteiger partial charge is 0.490 e. The molecule has 0 radical (unpaired) electrons. The van der Waals surface area contributed by atoms with E-state index in [2.05, 4.69) is 41.6 Å². The number of ether oxygens (including phenoxy) is 2. The van der Waals surface area contributed by atoms with Gasteiger partial charge in [0.05, 0.1) is 36.1 Å². The third kappa shape index (κ3) is 4.67. The highest BCUT2D eigenvalue weighted by Crippen LogP contribution is 2.34. The summed E-state index contributed by atoms with van der Waals surface area (Å²) in [7, 11) is 0. The summed E-state index contributed by atoms with van der Waals surface area (Å²) in [4.78, 5) is 9.68. The zero-order chi connectivity index (χ0) is 21.6. The lowest BCUT2D eigenvalue weighted by atomic mass is 10.0. The van der Waals surface area contributed by atoms with Crippen LogP contribution in [-0.4, -0.2) is 29.4 Å². The number of thioether (sulfide) groups is 1. The fourth-order valence-electron chi connectivity index (χ4n) is 3.56. The molecule has 4 nitrogen and oxygen atoms in total. The van der Waals surface area contributed by atoms with Gasteiger partial charge in [0, 0.05) is 16.9 Å². The topological polar surface area (TPSA) is 44.2 Å². The molecule has 3 aromatic carbocycles. The van der Waals surface area contributed by atoms with E-state index in [-0.39, 0.29) is 0 Å². The summed E-state index contributed by atoms with van der Waals surface area (Å²) in [5, 5.41) is 0. The highest BCUT2D eigenvalue weighted by molar-refractivity contribution is 7.97. The molecular formula is C26H26N2O2S. The lowest BCUT2D eigenvalue weighted by molar-refractivity contribution is 0.288. The van der Waals surface area contributed by atoms with Crippen LogP contribution in [0, 0.1) is 0 Å². The predicted octanol–water partition coefficient (Wildman–Crippen LogP) is 6.62. The van der Waals surface area contributed by atoms with Crippen molar-refractivity contribution in [3.8, 4) is 33.9 Å². The van der Waals surface area contributed by atoms with Gasteiger partial charge < -0.3 is 9.47 Å². The zero-order valence-corrected chi connectivity index (χ0v) is 18.9. The summed E-state index contributed by atoms with van der Waals surface area (Å²) in [5.41, 5.74) is 7.08. The van der Waals surface area contributed by atoms with Gasteiger partial charge >= 0.3 is 0 Å². The maximum absolute atomic E-state index is 5.79. The van der Waals surface area contributed by atoms with E-state index in [0.717, 1.165) is 50.7 Å². The molecule has 0 saturated carbocycles. The Kier molecular flexibility index (Phi) is 6.73. The van der Waals surface area contributed by atoms with Gasteiger partial charge in [0.1, 0.15) is 0 Å². The zero-order valence-electron chi connectivity index (χ0n) is 18.1. The van der Waals surface area contributed by atoms with Crippen molar-refractivity contribution in [2.45, 2.75) is 19.6 Å². The van der Waals surface area contributed by atoms with Gasteiger partial charge in [-0.15, -0.1) is 0 Å². The summed E-state index contributed by atoms with van der Waals surface area (Å²) >= 11 is 1.83. The quantitative estimate of drug-likeness (QED) is 0.314. The minimum atomic E-state index is 0.573. The van der Waals surface area contributed by atoms with Crippen molar-refractivity contribution in [2.75, 3.05) is 19.5 Å². The Hall–Kier alpha value is -3.05. The number of fused-ring (bicyclic) bond motifs is 1. The van der Waals surface area contributed by atoms with Crippen molar-refractivity contribution in [3.63, 3.8) is 0 Å². The molecule has 1 aromatic heterocycles. The maximum Gasteiger partial charge on any atom is 0.161 e. The third-order valence-corrected chi connectivity index (χ3v) is 5.61. The first-order chi connectivity index (χ1) is 15.2. The molecule has 0 bridgehead atoms. The van der Waals surface area contributed by atoms with Crippen LogP contribution in [0.15, 0.2) is 66.9 Å². The molecule has 4 rings (SSSR count). The number of aromatic nitrogens is 2. The molecule has 0 aliphatic carbocycles. The van der Waals surface area contributed by atoms with Crippen LogP contribution in [-0.2, 0) is 5.75 Å². The standard InChI is InChI=1S/C26H26N2O2S/c1-4-29-24-14-13-20(15-25(24)30-5-2)23-16-27-22-8-6-7-21(26(22)28-23)19-11-9-18(10-12-19)17-31-3/h6-16H,4-5,17H2,1-3H3. The van der Waals surface area contributed by atoms with E-state index in [0.29, 0.717) is 13.2 Å². The highest BCUT2D eigenvalue weighted by atomic mass is 32.2. The minimum absolute atomic E-state index is 0.573. The Labute approximate surface area is 187 Å². The molecule has 0 unspecified atom stereocenters. The summed E-state index contributed by atoms with van der Waals surface area (Å²) in [6.45, 7) is 5.10. The smallest absolute Gasteiger partial charge is 0.161 e. The van der Waals surface area contributed by atoms with Crippen LogP contribution in [0.3, 0.4) is 0 Å². The number of hydrogen-bond donors (Lipinski definition) is 0. The summed E-state index contributed by atoms with van der Waals surface area (Å²) in [6, 6.07) is 20.8. The molecule has 158 valence electrons. The Morgan fingerprint density at radius 2 is 1.58 bits per heavy atom. The van der Waals surface area contributed by atoms with Gasteiger partial charge in [-0.25, -0.2) is 4.98 Å². The molecule has 5 heteroatoms. The summed E-state index contributed by atoms with van der Waals surface area (Å²) in [6.07, 6.45) is 3.94. The van der Waals surface area contributed by atoms with Crippen molar-refractivity contribution in [1.82, 2.24) is 9.97 Å². The molecule has 0 fully saturated rings. The van der Waals surface area contributed by atoms with Crippen LogP contribution in [0.1, 0.15) is 19.4 Å². The van der Waals surface area contributed by atoms with Crippen molar-refractivity contribution in [2.24, 2.45) is 0 Å². The average Bonchev–Trinajstić information content (AvgIpc) is 2.80. The molecule has 0 spiro atoms. The number of para-hydroxylation sites is 1. The van der Waals surface area contributed by atoms with Gasteiger partial charge in [-0.1, -0.05) is 36.4 Å². The first-order valence-electron chi connectivity index (χ1n) is 10.5. The van der Waals surface area contributed by atoms with Crippen LogP contribution in [0.4, 0.5) is 0 Å². The normalized spacial score (nSPS) is 10.9. The van der Waals surface area contributed by atoms with E-state index in [1.165, 1.54) is 5.56 Å². The molecule has 0 atom stereocenters. The van der Waals surface area contributed by atoms with E-state index < -0.39 is 0 Å². The van der Waals surface area contributed by atoms with Gasteiger partial charge in [-0.05, 0) is 55.5 Å². The Morgan fingerprint density at radius 3 is 2.32 bits per heavy atom. The first-order valence-corrected chi connectivity index (χ1v) is 11.9. The molecule has 0 N–H and O–H groups in total. The summed E-state index contributed by atoms with van der Waals surface area (Å²) < 4.78 is 11.5. The fraction of sp³-hybridized carbons (Fsp3) is 0.231. The summed E-state index contributed by atoms with van der Waals surface area (Å²) in [5.74, 6) is 2.48. The van der Waals surface area contributed by atoms with Crippen molar-refractivity contribution in [1.29, 1.82) is 0 Å². The number of nitrogens with zero attached hydrogens (tertiary/aromatic N) is 2. The van der Waals surface area contributed by atoms with Crippen molar-refractivity contribution in [3.05, 3.63) is 72.4 Å². The van der Waals surface area contributed by atoms with Gasteiger partial charge in [0.2, 0.25) is 0 Å². The van der Waals surface area contributed by atoms with E-state index in [1.54, 1.807) is 0 Å². The lowest BCUT2D eigenvalue weighted by Gasteiger charge is -2.13. The van der Waals surface area contributed by atoms with Crippen LogP contribution >= 0.6 is 11.8 Å². The van der Waals surface area contributed by atoms with E-state index in [9.17, 15) is 0 Å². The van der Waals surface area contributed by atoms with Crippen molar-refractivity contribution < 1.29 is 9.47 Å². The Bertz CT molecular complexity index is 1180. The molecule has 31 heavy (non-hydrogen) atoms. The third-order valence-electron chi connectivity index (χ3n) is 4.99. The first kappa shape index (κ1) is 21.2. The van der Waals surface area contributed by atoms with Gasteiger partial charge in [-0.3, -0.25) is 4.98 Å². The van der Waals surface area contributed by atoms with E-state index in [4.69, 9.17) is 14.5 Å². The second kappa shape index (κ2) is 9.84.